The maximum atomic E-state index is 14.2. The van der Waals surface area contributed by atoms with Gasteiger partial charge >= 0.3 is 0 Å². The molecular formula is C20H15FN4. The number of fused-ring (bicyclic) bond motifs is 1. The molecule has 0 aliphatic rings. The fourth-order valence-electron chi connectivity index (χ4n) is 2.67. The maximum Gasteiger partial charge on any atom is 0.165 e. The van der Waals surface area contributed by atoms with E-state index in [9.17, 15) is 4.39 Å². The second-order valence-corrected chi connectivity index (χ2v) is 5.76. The van der Waals surface area contributed by atoms with E-state index >= 15 is 0 Å². The molecule has 1 N–H and O–H groups in total. The van der Waals surface area contributed by atoms with Gasteiger partial charge in [0.15, 0.2) is 5.82 Å². The highest BCUT2D eigenvalue weighted by atomic mass is 19.1. The fourth-order valence-corrected chi connectivity index (χ4v) is 2.67. The lowest BCUT2D eigenvalue weighted by Gasteiger charge is -2.12. The quantitative estimate of drug-likeness (QED) is 0.581. The van der Waals surface area contributed by atoms with Crippen molar-refractivity contribution in [2.45, 2.75) is 6.92 Å². The van der Waals surface area contributed by atoms with E-state index < -0.39 is 0 Å². The first-order valence-electron chi connectivity index (χ1n) is 7.91. The van der Waals surface area contributed by atoms with Crippen LogP contribution < -0.4 is 5.32 Å². The summed E-state index contributed by atoms with van der Waals surface area (Å²) in [5, 5.41) is 4.18. The van der Waals surface area contributed by atoms with Crippen molar-refractivity contribution >= 4 is 22.4 Å². The van der Waals surface area contributed by atoms with Gasteiger partial charge in [-0.05, 0) is 43.3 Å². The summed E-state index contributed by atoms with van der Waals surface area (Å²) in [4.78, 5) is 13.1. The first-order chi connectivity index (χ1) is 12.2. The van der Waals surface area contributed by atoms with Crippen molar-refractivity contribution in [3.05, 3.63) is 78.4 Å². The molecule has 4 rings (SSSR count). The summed E-state index contributed by atoms with van der Waals surface area (Å²) in [5.74, 6) is 0.646. The zero-order valence-corrected chi connectivity index (χ0v) is 13.6. The van der Waals surface area contributed by atoms with Crippen LogP contribution in [0.25, 0.3) is 22.3 Å². The Morgan fingerprint density at radius 2 is 1.72 bits per heavy atom. The van der Waals surface area contributed by atoms with Gasteiger partial charge in [-0.3, -0.25) is 4.98 Å². The number of nitrogens with one attached hydrogen (secondary N) is 1. The van der Waals surface area contributed by atoms with E-state index in [1.807, 2.05) is 37.3 Å². The molecule has 2 aromatic heterocycles. The van der Waals surface area contributed by atoms with Gasteiger partial charge in [-0.15, -0.1) is 0 Å². The van der Waals surface area contributed by atoms with Crippen molar-refractivity contribution in [3.8, 4) is 11.4 Å². The van der Waals surface area contributed by atoms with Crippen molar-refractivity contribution in [2.75, 3.05) is 5.32 Å². The molecule has 0 saturated heterocycles. The van der Waals surface area contributed by atoms with Crippen molar-refractivity contribution in [1.29, 1.82) is 0 Å². The van der Waals surface area contributed by atoms with Crippen LogP contribution in [0.4, 0.5) is 15.9 Å². The Kier molecular flexibility index (Phi) is 3.82. The van der Waals surface area contributed by atoms with Crippen LogP contribution in [0, 0.1) is 12.7 Å². The van der Waals surface area contributed by atoms with Crippen LogP contribution in [0.1, 0.15) is 5.56 Å². The van der Waals surface area contributed by atoms with Gasteiger partial charge in [0.1, 0.15) is 11.6 Å². The molecule has 0 aliphatic carbocycles. The Bertz CT molecular complexity index is 1050. The van der Waals surface area contributed by atoms with Gasteiger partial charge in [0.05, 0.1) is 11.1 Å². The third-order valence-electron chi connectivity index (χ3n) is 3.91. The molecule has 0 radical (unpaired) electrons. The van der Waals surface area contributed by atoms with Crippen LogP contribution in [0.2, 0.25) is 0 Å². The van der Waals surface area contributed by atoms with Gasteiger partial charge in [0.25, 0.3) is 0 Å². The van der Waals surface area contributed by atoms with E-state index in [0.717, 1.165) is 22.2 Å². The fraction of sp³-hybridized carbons (Fsp3) is 0.0500. The molecule has 0 spiro atoms. The van der Waals surface area contributed by atoms with E-state index in [-0.39, 0.29) is 5.82 Å². The summed E-state index contributed by atoms with van der Waals surface area (Å²) in [7, 11) is 0. The third kappa shape index (κ3) is 3.04. The predicted octanol–water partition coefficient (Wildman–Crippen LogP) is 4.88. The maximum absolute atomic E-state index is 14.2. The molecule has 0 saturated carbocycles. The molecule has 0 atom stereocenters. The van der Waals surface area contributed by atoms with Gasteiger partial charge < -0.3 is 5.32 Å². The Balaban J connectivity index is 1.92. The van der Waals surface area contributed by atoms with Crippen molar-refractivity contribution in [1.82, 2.24) is 15.0 Å². The third-order valence-corrected chi connectivity index (χ3v) is 3.91. The molecule has 5 heteroatoms. The molecule has 2 aromatic carbocycles. The monoisotopic (exact) mass is 330 g/mol. The van der Waals surface area contributed by atoms with Crippen LogP contribution in [-0.2, 0) is 0 Å². The van der Waals surface area contributed by atoms with Crippen molar-refractivity contribution in [2.24, 2.45) is 0 Å². The minimum atomic E-state index is -0.344. The standard InChI is InChI=1S/C20H15FN4/c1-13-6-7-18-16(12-13)20(23-14-8-10-22-11-9-14)25-19(24-18)15-4-2-3-5-17(15)21/h2-12H,1H3,(H,22,23,24,25). The zero-order valence-electron chi connectivity index (χ0n) is 13.6. The van der Waals surface area contributed by atoms with E-state index in [4.69, 9.17) is 0 Å². The first kappa shape index (κ1) is 15.2. The Morgan fingerprint density at radius 1 is 0.920 bits per heavy atom. The largest absolute Gasteiger partial charge is 0.340 e. The molecule has 0 aliphatic heterocycles. The highest BCUT2D eigenvalue weighted by molar-refractivity contribution is 5.92. The molecule has 122 valence electrons. The number of halogens is 1. The van der Waals surface area contributed by atoms with Crippen molar-refractivity contribution in [3.63, 3.8) is 0 Å². The van der Waals surface area contributed by atoms with Gasteiger partial charge in [-0.2, -0.15) is 0 Å². The van der Waals surface area contributed by atoms with Gasteiger partial charge in [-0.25, -0.2) is 14.4 Å². The summed E-state index contributed by atoms with van der Waals surface area (Å²) in [6.07, 6.45) is 3.41. The van der Waals surface area contributed by atoms with E-state index in [1.165, 1.54) is 6.07 Å². The molecule has 0 bridgehead atoms. The molecule has 25 heavy (non-hydrogen) atoms. The van der Waals surface area contributed by atoms with E-state index in [1.54, 1.807) is 30.6 Å². The minimum Gasteiger partial charge on any atom is -0.340 e. The summed E-state index contributed by atoms with van der Waals surface area (Å²) < 4.78 is 14.2. The summed E-state index contributed by atoms with van der Waals surface area (Å²) in [6.45, 7) is 2.01. The number of benzene rings is 2. The number of anilines is 2. The summed E-state index contributed by atoms with van der Waals surface area (Å²) in [6, 6.07) is 16.2. The number of aromatic nitrogens is 3. The number of pyridine rings is 1. The SMILES string of the molecule is Cc1ccc2nc(-c3ccccc3F)nc(Nc3ccncc3)c2c1. The topological polar surface area (TPSA) is 50.7 Å². The second kappa shape index (κ2) is 6.28. The number of nitrogens with zero attached hydrogens (tertiary/aromatic N) is 3. The Morgan fingerprint density at radius 3 is 2.52 bits per heavy atom. The average Bonchev–Trinajstić information content (AvgIpc) is 2.63. The average molecular weight is 330 g/mol. The lowest BCUT2D eigenvalue weighted by atomic mass is 10.1. The van der Waals surface area contributed by atoms with E-state index in [2.05, 4.69) is 20.3 Å². The lowest BCUT2D eigenvalue weighted by molar-refractivity contribution is 0.630. The molecular weight excluding hydrogens is 315 g/mol. The number of rotatable bonds is 3. The molecule has 2 heterocycles. The van der Waals surface area contributed by atoms with Crippen LogP contribution in [-0.4, -0.2) is 15.0 Å². The van der Waals surface area contributed by atoms with Crippen LogP contribution in [0.5, 0.6) is 0 Å². The Hall–Kier alpha value is -3.34. The molecule has 4 nitrogen and oxygen atoms in total. The predicted molar refractivity (Wildman–Crippen MR) is 97.2 cm³/mol. The Labute approximate surface area is 144 Å². The van der Waals surface area contributed by atoms with Crippen LogP contribution in [0.3, 0.4) is 0 Å². The lowest BCUT2D eigenvalue weighted by Crippen LogP contribution is -2.00. The van der Waals surface area contributed by atoms with Crippen molar-refractivity contribution < 1.29 is 4.39 Å². The summed E-state index contributed by atoms with van der Waals surface area (Å²) >= 11 is 0. The highest BCUT2D eigenvalue weighted by Gasteiger charge is 2.13. The highest BCUT2D eigenvalue weighted by Crippen LogP contribution is 2.28. The van der Waals surface area contributed by atoms with Gasteiger partial charge in [0, 0.05) is 23.5 Å². The molecule has 0 fully saturated rings. The smallest absolute Gasteiger partial charge is 0.165 e. The number of hydrogen-bond acceptors (Lipinski definition) is 4. The van der Waals surface area contributed by atoms with Gasteiger partial charge in [-0.1, -0.05) is 23.8 Å². The summed E-state index contributed by atoms with van der Waals surface area (Å²) in [5.41, 5.74) is 3.10. The molecule has 4 aromatic rings. The minimum absolute atomic E-state index is 0.344. The van der Waals surface area contributed by atoms with Crippen LogP contribution >= 0.6 is 0 Å². The first-order valence-corrected chi connectivity index (χ1v) is 7.91. The van der Waals surface area contributed by atoms with E-state index in [0.29, 0.717) is 17.2 Å². The second-order valence-electron chi connectivity index (χ2n) is 5.76. The molecule has 0 unspecified atom stereocenters. The van der Waals surface area contributed by atoms with Gasteiger partial charge in [0.2, 0.25) is 0 Å². The van der Waals surface area contributed by atoms with Crippen LogP contribution in [0.15, 0.2) is 67.0 Å². The number of aryl methyl sites for hydroxylation is 1. The molecule has 0 amide bonds. The zero-order chi connectivity index (χ0) is 17.2. The number of hydrogen-bond donors (Lipinski definition) is 1. The normalized spacial score (nSPS) is 10.8.